The molecule has 0 amide bonds. The second kappa shape index (κ2) is 37.2. The fourth-order valence-corrected chi connectivity index (χ4v) is 15.8. The first kappa shape index (κ1) is 84.8. The molecule has 0 radical (unpaired) electrons. The number of hydrogen-bond acceptors (Lipinski definition) is 26. The minimum absolute atomic E-state index is 0.0165. The van der Waals surface area contributed by atoms with Crippen LogP contribution < -0.4 is 0 Å². The predicted molar refractivity (Wildman–Crippen MR) is 360 cm³/mol. The Hall–Kier alpha value is -4.12. The van der Waals surface area contributed by atoms with Gasteiger partial charge in [-0.05, 0) is 127 Å². The highest BCUT2D eigenvalue weighted by atomic mass is 32.2. The monoisotopic (exact) mass is 1440 g/mol. The fourth-order valence-electron chi connectivity index (χ4n) is 14.8. The van der Waals surface area contributed by atoms with Crippen LogP contribution in [-0.2, 0) is 57.7 Å². The van der Waals surface area contributed by atoms with Crippen LogP contribution in [0.5, 0.6) is 0 Å². The number of Topliss-reactive ketones (excluding diaryl/α,β-unsaturated/α-hetero) is 2. The summed E-state index contributed by atoms with van der Waals surface area (Å²) >= 11 is 0. The first-order valence-electron chi connectivity index (χ1n) is 35.6. The summed E-state index contributed by atoms with van der Waals surface area (Å²) in [4.78, 5) is 67.0. The molecule has 0 spiro atoms. The zero-order valence-electron chi connectivity index (χ0n) is 59.8. The van der Waals surface area contributed by atoms with E-state index >= 15 is 0 Å². The maximum Gasteiger partial charge on any atom is 0.330 e. The topological polar surface area (TPSA) is 450 Å². The van der Waals surface area contributed by atoms with E-state index in [-0.39, 0.29) is 85.3 Å². The predicted octanol–water partition coefficient (Wildman–Crippen LogP) is 3.83. The van der Waals surface area contributed by atoms with Gasteiger partial charge in [-0.25, -0.2) is 4.79 Å². The number of ketones is 3. The lowest BCUT2D eigenvalue weighted by atomic mass is 9.77. The Bertz CT molecular complexity index is 3030. The van der Waals surface area contributed by atoms with Gasteiger partial charge < -0.3 is 94.4 Å². The van der Waals surface area contributed by atoms with Gasteiger partial charge >= 0.3 is 11.9 Å². The van der Waals surface area contributed by atoms with Crippen LogP contribution in [-0.4, -0.2) is 238 Å². The van der Waals surface area contributed by atoms with Gasteiger partial charge in [-0.2, -0.15) is 8.42 Å². The van der Waals surface area contributed by atoms with Gasteiger partial charge in [0, 0.05) is 65.9 Å². The average molecular weight is 1440 g/mol. The molecule has 4 heterocycles. The van der Waals surface area contributed by atoms with Gasteiger partial charge in [0.2, 0.25) is 5.78 Å². The highest BCUT2D eigenvalue weighted by Gasteiger charge is 2.59. The molecule has 3 fully saturated rings. The number of ether oxygens (including phenoxy) is 7. The molecule has 2 bridgehead atoms. The summed E-state index contributed by atoms with van der Waals surface area (Å²) in [6, 6.07) is 4.33. The molecule has 1 aromatic carbocycles. The number of cyclic esters (lactones) is 1. The van der Waals surface area contributed by atoms with Crippen LogP contribution in [0.4, 0.5) is 0 Å². The van der Waals surface area contributed by atoms with E-state index < -0.39 is 228 Å². The van der Waals surface area contributed by atoms with Gasteiger partial charge in [0.05, 0.1) is 85.3 Å². The smallest absolute Gasteiger partial charge is 0.330 e. The molecule has 5 aliphatic rings. The molecule has 3 saturated heterocycles. The van der Waals surface area contributed by atoms with Crippen molar-refractivity contribution >= 4 is 39.4 Å². The normalized spacial score (nSPS) is 38.2. The molecular weight excluding hydrogens is 1330 g/mol. The van der Waals surface area contributed by atoms with Crippen molar-refractivity contribution in [1.82, 2.24) is 0 Å². The molecule has 13 N–H and O–H groups in total. The Morgan fingerprint density at radius 3 is 2.00 bits per heavy atom. The SMILES string of the molecule is CC[C@H](O[C@H]1C[C@@H](OC(=O)[C@H](C)[C@H](O)c2ccc3c(c2)C(=O)C=C(C)C3=O)[C@H](OC)[C@@H](C)O1)[C@H](C)[C@H](O)[C@@H](C)[C@H](O)[C@H](C)[C@H]1OC(=O)C=C[C@H](C)[C@H](O)C[C@H](O)CCC[C@@H](C)CC[C@@H](C)[C@H](O)C(=O)[C@@]2(O)O[C@@H](C[C@@H](O)C[C@@H](O)C[C@@H](O)CCCC(O)[C@H]3O[C@H]3[C@H]1C)C[C@H](S(=O)(=O)O)[C@H]2O. The van der Waals surface area contributed by atoms with Crippen molar-refractivity contribution in [2.24, 2.45) is 47.3 Å². The van der Waals surface area contributed by atoms with Crippen LogP contribution in [0.15, 0.2) is 42.0 Å². The van der Waals surface area contributed by atoms with Gasteiger partial charge in [0.15, 0.2) is 17.9 Å². The van der Waals surface area contributed by atoms with E-state index in [4.69, 9.17) is 33.2 Å². The van der Waals surface area contributed by atoms with Gasteiger partial charge in [-0.15, -0.1) is 0 Å². The molecular formula is C72H114O27S. The summed E-state index contributed by atoms with van der Waals surface area (Å²) in [5.41, 5.74) is 0.834. The minimum Gasteiger partial charge on any atom is -0.459 e. The van der Waals surface area contributed by atoms with E-state index in [9.17, 15) is 98.2 Å². The minimum atomic E-state index is -5.16. The van der Waals surface area contributed by atoms with Crippen molar-refractivity contribution < 1.29 is 131 Å². The van der Waals surface area contributed by atoms with Gasteiger partial charge in [0.25, 0.3) is 15.9 Å². The highest BCUT2D eigenvalue weighted by Crippen LogP contribution is 2.42. The number of hydrogen-bond donors (Lipinski definition) is 13. The quantitative estimate of drug-likeness (QED) is 0.0674. The Morgan fingerprint density at radius 1 is 0.730 bits per heavy atom. The van der Waals surface area contributed by atoms with Crippen molar-refractivity contribution in [2.75, 3.05) is 7.11 Å². The third kappa shape index (κ3) is 22.0. The van der Waals surface area contributed by atoms with Crippen LogP contribution in [0.2, 0.25) is 0 Å². The number of carbonyl (C=O) groups excluding carboxylic acids is 5. The van der Waals surface area contributed by atoms with Crippen LogP contribution >= 0.6 is 0 Å². The number of epoxide rings is 1. The van der Waals surface area contributed by atoms with Crippen molar-refractivity contribution in [2.45, 2.75) is 306 Å². The van der Waals surface area contributed by atoms with E-state index in [0.717, 1.165) is 6.08 Å². The highest BCUT2D eigenvalue weighted by molar-refractivity contribution is 7.86. The van der Waals surface area contributed by atoms with Crippen LogP contribution in [0.1, 0.15) is 205 Å². The third-order valence-corrected chi connectivity index (χ3v) is 22.8. The second-order valence-electron chi connectivity index (χ2n) is 29.6. The molecule has 1 unspecified atom stereocenters. The fraction of sp³-hybridized carbons (Fsp3) is 0.792. The number of carbonyl (C=O) groups is 5. The number of aliphatic hydroxyl groups excluding tert-OH is 11. The van der Waals surface area contributed by atoms with Crippen molar-refractivity contribution in [1.29, 1.82) is 0 Å². The zero-order valence-corrected chi connectivity index (χ0v) is 60.6. The summed E-state index contributed by atoms with van der Waals surface area (Å²) in [5, 5.41) is 134. The molecule has 4 aliphatic heterocycles. The Labute approximate surface area is 587 Å². The summed E-state index contributed by atoms with van der Waals surface area (Å²) in [5.74, 6) is -13.0. The maximum absolute atomic E-state index is 13.9. The first-order chi connectivity index (χ1) is 46.7. The molecule has 570 valence electrons. The lowest BCUT2D eigenvalue weighted by Gasteiger charge is -2.44. The van der Waals surface area contributed by atoms with Crippen molar-refractivity contribution in [3.63, 3.8) is 0 Å². The largest absolute Gasteiger partial charge is 0.459 e. The first-order valence-corrected chi connectivity index (χ1v) is 37.1. The summed E-state index contributed by atoms with van der Waals surface area (Å²) < 4.78 is 77.4. The van der Waals surface area contributed by atoms with Crippen LogP contribution in [0.3, 0.4) is 0 Å². The third-order valence-electron chi connectivity index (χ3n) is 21.6. The molecule has 0 aromatic heterocycles. The van der Waals surface area contributed by atoms with Crippen LogP contribution in [0, 0.1) is 47.3 Å². The summed E-state index contributed by atoms with van der Waals surface area (Å²) in [7, 11) is -3.73. The van der Waals surface area contributed by atoms with E-state index in [0.29, 0.717) is 25.7 Å². The number of rotatable bonds is 15. The summed E-state index contributed by atoms with van der Waals surface area (Å²) in [6.07, 6.45) is -19.4. The summed E-state index contributed by atoms with van der Waals surface area (Å²) in [6.45, 7) is 18.4. The number of benzene rings is 1. The average Bonchev–Trinajstić information content (AvgIpc) is 0.796. The van der Waals surface area contributed by atoms with E-state index in [1.807, 2.05) is 13.8 Å². The van der Waals surface area contributed by atoms with Crippen molar-refractivity contribution in [3.05, 3.63) is 58.7 Å². The van der Waals surface area contributed by atoms with E-state index in [1.54, 1.807) is 48.5 Å². The standard InChI is InChI=1S/C72H114O27S/c1-13-55(95-59-33-56(67(93-12)43(11)94-59)96-71(88)41(9)64(85)44-23-24-50-51(27-44)54(79)26-37(5)60(50)81)38(6)62(83)39(7)63(84)40(8)65-42(10)66-68(98-66)52(77)19-15-18-45(73)28-47(75)29-48(76)30-49-32-57(100(90,91)92)69(86)72(89,99-49)70(87)61(82)36(4)21-20-34(2)16-14-17-46(74)31-53(78)35(3)22-25-58(80)97-65/h22-27,34-36,38-43,45-49,52-53,55-57,59,61-69,73-78,82-86,89H,13-21,28-33H2,1-12H3,(H,90,91,92)/t34-,35+,36-,38+,39-,40+,41-,42+,43-,45+,46-,47+,48+,49+,52?,53-,55+,56-,57+,59+,61+,62+,63+,64+,65-,66+,67-,68-,69-,72+/m1/s1. The Morgan fingerprint density at radius 2 is 1.36 bits per heavy atom. The Balaban J connectivity index is 1.13. The lowest BCUT2D eigenvalue weighted by Crippen LogP contribution is -2.66. The van der Waals surface area contributed by atoms with Gasteiger partial charge in [0.1, 0.15) is 41.9 Å². The van der Waals surface area contributed by atoms with Crippen LogP contribution in [0.25, 0.3) is 0 Å². The molecule has 100 heavy (non-hydrogen) atoms. The van der Waals surface area contributed by atoms with Gasteiger partial charge in [-0.1, -0.05) is 86.8 Å². The number of esters is 2. The molecule has 6 rings (SSSR count). The molecule has 30 atom stereocenters. The van der Waals surface area contributed by atoms with Gasteiger partial charge in [-0.3, -0.25) is 23.7 Å². The second-order valence-corrected chi connectivity index (χ2v) is 31.3. The number of methoxy groups -OCH3 is 1. The maximum atomic E-state index is 13.9. The number of aliphatic hydroxyl groups is 12. The molecule has 0 saturated carbocycles. The lowest BCUT2D eigenvalue weighted by molar-refractivity contribution is -0.287. The number of fused-ring (bicyclic) bond motifs is 4. The van der Waals surface area contributed by atoms with Crippen molar-refractivity contribution in [3.8, 4) is 0 Å². The molecule has 1 aromatic rings. The molecule has 27 nitrogen and oxygen atoms in total. The molecule has 28 heteroatoms. The van der Waals surface area contributed by atoms with E-state index in [1.165, 1.54) is 51.3 Å². The molecule has 1 aliphatic carbocycles. The number of allylic oxidation sites excluding steroid dienone is 2. The van der Waals surface area contributed by atoms with E-state index in [2.05, 4.69) is 0 Å². The Kier molecular flexibility index (Phi) is 31.6. The zero-order chi connectivity index (χ0) is 74.7.